The Labute approximate surface area is 308 Å². The molecule has 1 aliphatic heterocycles. The second-order valence-electron chi connectivity index (χ2n) is 13.6. The first-order chi connectivity index (χ1) is 25.4. The number of fused-ring (bicyclic) bond motifs is 4. The van der Waals surface area contributed by atoms with E-state index in [1.165, 1.54) is 30.3 Å². The minimum Gasteiger partial charge on any atom is -0.356 e. The fourth-order valence-corrected chi connectivity index (χ4v) is 5.74. The van der Waals surface area contributed by atoms with Crippen LogP contribution >= 0.6 is 11.6 Å². The molecule has 2 amide bonds. The first-order valence-electron chi connectivity index (χ1n) is 16.8. The van der Waals surface area contributed by atoms with E-state index in [2.05, 4.69) is 35.9 Å². The third-order valence-electron chi connectivity index (χ3n) is 9.33. The van der Waals surface area contributed by atoms with Crippen LogP contribution in [0.15, 0.2) is 60.0 Å². The van der Waals surface area contributed by atoms with Crippen LogP contribution in [0.2, 0.25) is 5.02 Å². The molecule has 6 rings (SSSR count). The maximum atomic E-state index is 16.3. The van der Waals surface area contributed by atoms with Crippen LogP contribution in [0.1, 0.15) is 80.2 Å². The molecule has 1 aliphatic carbocycles. The summed E-state index contributed by atoms with van der Waals surface area (Å²) in [5.41, 5.74) is -0.906. The average molecular weight is 783 g/mol. The Morgan fingerprint density at radius 3 is 2.37 bits per heavy atom. The van der Waals surface area contributed by atoms with Crippen molar-refractivity contribution in [2.24, 2.45) is 16.3 Å². The summed E-state index contributed by atoms with van der Waals surface area (Å²) < 4.78 is 99.4. The van der Waals surface area contributed by atoms with E-state index in [9.17, 15) is 35.9 Å². The second kappa shape index (κ2) is 14.6. The van der Waals surface area contributed by atoms with Gasteiger partial charge < -0.3 is 10.6 Å². The SMILES string of the molecule is C[C@H](C(=O)NC[C@@H]1c2ccc(Cl)c(c2)-n2ncnc2C(F)/N=C(\NCCC(C)(C)C(F)(F)F)N1C(=O)c1ccc(-c2cnn(C3CC3)n2)cc1)C(F)(F)F. The lowest BCUT2D eigenvalue weighted by Crippen LogP contribution is -2.51. The number of hydrogen-bond acceptors (Lipinski definition) is 8. The van der Waals surface area contributed by atoms with Gasteiger partial charge in [0.1, 0.15) is 17.9 Å². The molecule has 2 aliphatic rings. The molecule has 2 N–H and O–H groups in total. The molecule has 2 bridgehead atoms. The maximum absolute atomic E-state index is 16.3. The van der Waals surface area contributed by atoms with E-state index < -0.39 is 79.1 Å². The van der Waals surface area contributed by atoms with Gasteiger partial charge in [-0.2, -0.15) is 46.4 Å². The predicted octanol–water partition coefficient (Wildman–Crippen LogP) is 6.92. The summed E-state index contributed by atoms with van der Waals surface area (Å²) in [6.45, 7) is 1.43. The second-order valence-corrected chi connectivity index (χ2v) is 14.1. The number of halogens is 8. The Bertz CT molecular complexity index is 2040. The maximum Gasteiger partial charge on any atom is 0.400 e. The van der Waals surface area contributed by atoms with Crippen molar-refractivity contribution in [3.8, 4) is 16.9 Å². The van der Waals surface area contributed by atoms with Crippen LogP contribution in [0.4, 0.5) is 30.7 Å². The lowest BCUT2D eigenvalue weighted by atomic mass is 9.88. The number of rotatable bonds is 9. The average Bonchev–Trinajstić information content (AvgIpc) is 3.62. The molecular formula is C34H34ClF7N10O2. The number of carbonyl (C=O) groups excluding carboxylic acids is 2. The molecule has 3 atom stereocenters. The first kappa shape index (κ1) is 38.6. The zero-order valence-corrected chi connectivity index (χ0v) is 29.7. The molecule has 288 valence electrons. The summed E-state index contributed by atoms with van der Waals surface area (Å²) in [6.07, 6.45) is -8.00. The number of amides is 2. The lowest BCUT2D eigenvalue weighted by Gasteiger charge is -2.35. The van der Waals surface area contributed by atoms with Gasteiger partial charge in [0.05, 0.1) is 34.4 Å². The first-order valence-corrected chi connectivity index (χ1v) is 17.2. The van der Waals surface area contributed by atoms with Crippen LogP contribution < -0.4 is 10.6 Å². The molecule has 0 saturated heterocycles. The highest BCUT2D eigenvalue weighted by Gasteiger charge is 2.47. The standard InChI is InChI=1S/C34H34ClF7N10O2/c1-18(33(37,38)39)29(53)44-16-26-21-8-11-23(35)25(14-21)51-28(45-17-47-51)27(36)48-31(43-13-12-32(2,3)34(40,41)42)50(26)30(54)20-6-4-19(5-7-20)24-15-46-52(49-24)22-9-10-22/h4-8,11,14-15,17-18,22,26-27H,9-10,12-13,16H2,1-3H3,(H,43,48)(H,44,53)/t18-,26-,27?/m1/s1. The summed E-state index contributed by atoms with van der Waals surface area (Å²) in [6, 6.07) is 8.98. The molecule has 20 heteroatoms. The largest absolute Gasteiger partial charge is 0.400 e. The van der Waals surface area contributed by atoms with Crippen molar-refractivity contribution in [3.05, 3.63) is 77.0 Å². The Kier molecular flexibility index (Phi) is 10.5. The van der Waals surface area contributed by atoms with E-state index >= 15 is 4.39 Å². The number of hydrogen-bond donors (Lipinski definition) is 2. The van der Waals surface area contributed by atoms with Gasteiger partial charge in [-0.05, 0) is 56.0 Å². The minimum absolute atomic E-state index is 0.0248. The summed E-state index contributed by atoms with van der Waals surface area (Å²) in [7, 11) is 0. The molecular weight excluding hydrogens is 749 g/mol. The number of nitrogens with zero attached hydrogens (tertiary/aromatic N) is 8. The number of aliphatic imine (C=N–C) groups is 1. The van der Waals surface area contributed by atoms with Crippen molar-refractivity contribution in [2.75, 3.05) is 13.1 Å². The topological polar surface area (TPSA) is 135 Å². The van der Waals surface area contributed by atoms with E-state index in [0.29, 0.717) is 18.2 Å². The van der Waals surface area contributed by atoms with Gasteiger partial charge in [0.25, 0.3) is 12.2 Å². The molecule has 2 aromatic carbocycles. The monoisotopic (exact) mass is 782 g/mol. The molecule has 0 spiro atoms. The van der Waals surface area contributed by atoms with Gasteiger partial charge in [-0.1, -0.05) is 43.6 Å². The van der Waals surface area contributed by atoms with Gasteiger partial charge in [0.15, 0.2) is 5.82 Å². The molecule has 4 aromatic rings. The summed E-state index contributed by atoms with van der Waals surface area (Å²) in [5.74, 6) is -5.75. The number of nitrogens with one attached hydrogen (secondary N) is 2. The van der Waals surface area contributed by atoms with Gasteiger partial charge in [0.2, 0.25) is 11.9 Å². The van der Waals surface area contributed by atoms with Crippen molar-refractivity contribution < 1.29 is 40.3 Å². The van der Waals surface area contributed by atoms with Crippen LogP contribution in [0.25, 0.3) is 16.9 Å². The molecule has 54 heavy (non-hydrogen) atoms. The van der Waals surface area contributed by atoms with Gasteiger partial charge in [-0.3, -0.25) is 14.5 Å². The predicted molar refractivity (Wildman–Crippen MR) is 181 cm³/mol. The third-order valence-corrected chi connectivity index (χ3v) is 9.65. The number of alkyl halides is 7. The summed E-state index contributed by atoms with van der Waals surface area (Å²) >= 11 is 6.47. The third kappa shape index (κ3) is 8.05. The van der Waals surface area contributed by atoms with E-state index in [0.717, 1.165) is 42.6 Å². The van der Waals surface area contributed by atoms with Crippen molar-refractivity contribution >= 4 is 29.4 Å². The van der Waals surface area contributed by atoms with Gasteiger partial charge in [-0.25, -0.2) is 19.0 Å². The smallest absolute Gasteiger partial charge is 0.356 e. The lowest BCUT2D eigenvalue weighted by molar-refractivity contribution is -0.213. The quantitative estimate of drug-likeness (QED) is 0.139. The minimum atomic E-state index is -4.90. The Hall–Kier alpha value is -5.07. The molecule has 1 saturated carbocycles. The highest BCUT2D eigenvalue weighted by atomic mass is 35.5. The van der Waals surface area contributed by atoms with Crippen molar-refractivity contribution in [2.45, 2.75) is 70.8 Å². The van der Waals surface area contributed by atoms with Crippen molar-refractivity contribution in [3.63, 3.8) is 0 Å². The van der Waals surface area contributed by atoms with E-state index in [4.69, 9.17) is 11.6 Å². The van der Waals surface area contributed by atoms with Crippen LogP contribution in [-0.2, 0) is 4.79 Å². The Balaban J connectivity index is 1.46. The highest BCUT2D eigenvalue weighted by molar-refractivity contribution is 6.32. The zero-order valence-electron chi connectivity index (χ0n) is 29.0. The van der Waals surface area contributed by atoms with E-state index in [1.807, 2.05) is 0 Å². The molecule has 12 nitrogen and oxygen atoms in total. The van der Waals surface area contributed by atoms with Crippen LogP contribution in [0, 0.1) is 11.3 Å². The Morgan fingerprint density at radius 2 is 1.72 bits per heavy atom. The number of guanidine groups is 1. The molecule has 1 unspecified atom stereocenters. The number of carbonyl (C=O) groups is 2. The number of benzene rings is 2. The van der Waals surface area contributed by atoms with E-state index in [1.54, 1.807) is 23.1 Å². The van der Waals surface area contributed by atoms with E-state index in [-0.39, 0.29) is 27.9 Å². The summed E-state index contributed by atoms with van der Waals surface area (Å²) in [4.78, 5) is 38.0. The number of aromatic nitrogens is 6. The molecule has 0 radical (unpaired) electrons. The van der Waals surface area contributed by atoms with Crippen molar-refractivity contribution in [1.29, 1.82) is 0 Å². The molecule has 3 heterocycles. The summed E-state index contributed by atoms with van der Waals surface area (Å²) in [5, 5.41) is 17.8. The van der Waals surface area contributed by atoms with Gasteiger partial charge >= 0.3 is 12.4 Å². The highest BCUT2D eigenvalue weighted by Crippen LogP contribution is 2.40. The van der Waals surface area contributed by atoms with Crippen LogP contribution in [-0.4, -0.2) is 77.9 Å². The van der Waals surface area contributed by atoms with Crippen molar-refractivity contribution in [1.82, 2.24) is 45.3 Å². The zero-order chi connectivity index (χ0) is 39.2. The van der Waals surface area contributed by atoms with Crippen LogP contribution in [0.5, 0.6) is 0 Å². The normalized spacial score (nSPS) is 19.4. The molecule has 2 aromatic heterocycles. The fraction of sp³-hybridized carbons (Fsp3) is 0.441. The van der Waals surface area contributed by atoms with Crippen LogP contribution in [0.3, 0.4) is 0 Å². The molecule has 1 fully saturated rings. The Morgan fingerprint density at radius 1 is 1.02 bits per heavy atom. The fourth-order valence-electron chi connectivity index (χ4n) is 5.54. The van der Waals surface area contributed by atoms with Gasteiger partial charge in [-0.15, -0.1) is 0 Å². The van der Waals surface area contributed by atoms with Gasteiger partial charge in [0, 0.05) is 24.2 Å².